The molecule has 0 amide bonds. The molecule has 0 aliphatic heterocycles. The third-order valence-corrected chi connectivity index (χ3v) is 4.50. The Morgan fingerprint density at radius 3 is 2.38 bits per heavy atom. The topological polar surface area (TPSA) is 44.1 Å². The number of aromatic nitrogens is 2. The Kier molecular flexibility index (Phi) is 4.97. The standard InChI is InChI=1S/C22H26N2O2/c1-15-10-12-16(13-11-15)17(14-26-22(2,3)4)20-21(25)24(5)19-9-7-6-8-18(19)23-20/h6-13,17H,14H2,1-5H3. The van der Waals surface area contributed by atoms with E-state index in [-0.39, 0.29) is 17.1 Å². The molecule has 2 aromatic carbocycles. The number of ether oxygens (including phenoxy) is 1. The van der Waals surface area contributed by atoms with E-state index in [0.29, 0.717) is 12.3 Å². The second kappa shape index (κ2) is 7.04. The van der Waals surface area contributed by atoms with Gasteiger partial charge in [0.25, 0.3) is 5.56 Å². The summed E-state index contributed by atoms with van der Waals surface area (Å²) in [5.41, 5.74) is 4.04. The van der Waals surface area contributed by atoms with Crippen LogP contribution in [0.4, 0.5) is 0 Å². The van der Waals surface area contributed by atoms with Crippen LogP contribution in [0.5, 0.6) is 0 Å². The van der Waals surface area contributed by atoms with Gasteiger partial charge in [0.2, 0.25) is 0 Å². The van der Waals surface area contributed by atoms with Crippen LogP contribution in [0.1, 0.15) is 43.5 Å². The van der Waals surface area contributed by atoms with Crippen molar-refractivity contribution in [3.8, 4) is 0 Å². The Labute approximate surface area is 154 Å². The van der Waals surface area contributed by atoms with E-state index in [0.717, 1.165) is 16.6 Å². The molecule has 0 spiro atoms. The van der Waals surface area contributed by atoms with E-state index in [4.69, 9.17) is 9.72 Å². The lowest BCUT2D eigenvalue weighted by Gasteiger charge is -2.25. The summed E-state index contributed by atoms with van der Waals surface area (Å²) in [6.07, 6.45) is 0. The molecule has 0 fully saturated rings. The van der Waals surface area contributed by atoms with Crippen molar-refractivity contribution in [1.29, 1.82) is 0 Å². The number of rotatable bonds is 4. The molecule has 3 rings (SSSR count). The highest BCUT2D eigenvalue weighted by Gasteiger charge is 2.24. The minimum absolute atomic E-state index is 0.0771. The van der Waals surface area contributed by atoms with Crippen LogP contribution < -0.4 is 5.56 Å². The highest BCUT2D eigenvalue weighted by atomic mass is 16.5. The molecule has 0 radical (unpaired) electrons. The van der Waals surface area contributed by atoms with E-state index in [2.05, 4.69) is 31.2 Å². The number of aryl methyl sites for hydroxylation is 2. The van der Waals surface area contributed by atoms with Gasteiger partial charge in [-0.3, -0.25) is 4.79 Å². The summed E-state index contributed by atoms with van der Waals surface area (Å²) >= 11 is 0. The second-order valence-electron chi connectivity index (χ2n) is 7.74. The number of fused-ring (bicyclic) bond motifs is 1. The number of hydrogen-bond donors (Lipinski definition) is 0. The van der Waals surface area contributed by atoms with Gasteiger partial charge in [-0.1, -0.05) is 42.0 Å². The molecule has 0 aliphatic rings. The molecule has 1 unspecified atom stereocenters. The van der Waals surface area contributed by atoms with E-state index in [1.165, 1.54) is 5.56 Å². The van der Waals surface area contributed by atoms with Crippen LogP contribution in [0.25, 0.3) is 11.0 Å². The van der Waals surface area contributed by atoms with Gasteiger partial charge in [-0.05, 0) is 45.4 Å². The maximum atomic E-state index is 13.0. The summed E-state index contributed by atoms with van der Waals surface area (Å²) in [5, 5.41) is 0. The van der Waals surface area contributed by atoms with Gasteiger partial charge in [-0.25, -0.2) is 4.98 Å². The molecule has 136 valence electrons. The Balaban J connectivity index is 2.14. The molecular formula is C22H26N2O2. The van der Waals surface area contributed by atoms with Gasteiger partial charge < -0.3 is 9.30 Å². The third-order valence-electron chi connectivity index (χ3n) is 4.50. The molecule has 1 heterocycles. The maximum absolute atomic E-state index is 13.0. The molecule has 0 saturated carbocycles. The highest BCUT2D eigenvalue weighted by molar-refractivity contribution is 5.74. The van der Waals surface area contributed by atoms with Crippen molar-refractivity contribution in [2.45, 2.75) is 39.2 Å². The number of nitrogens with zero attached hydrogens (tertiary/aromatic N) is 2. The molecule has 26 heavy (non-hydrogen) atoms. The predicted octanol–water partition coefficient (Wildman–Crippen LogP) is 4.19. The minimum atomic E-state index is -0.287. The Bertz CT molecular complexity index is 966. The van der Waals surface area contributed by atoms with E-state index in [1.807, 2.05) is 45.0 Å². The van der Waals surface area contributed by atoms with Gasteiger partial charge in [-0.2, -0.15) is 0 Å². The first-order valence-electron chi connectivity index (χ1n) is 8.92. The molecule has 1 aromatic heterocycles. The molecule has 1 atom stereocenters. The maximum Gasteiger partial charge on any atom is 0.273 e. The zero-order chi connectivity index (χ0) is 18.9. The molecule has 0 saturated heterocycles. The van der Waals surface area contributed by atoms with Crippen LogP contribution in [0.15, 0.2) is 53.3 Å². The first-order chi connectivity index (χ1) is 12.3. The summed E-state index contributed by atoms with van der Waals surface area (Å²) < 4.78 is 7.73. The molecule has 0 aliphatic carbocycles. The Hall–Kier alpha value is -2.46. The van der Waals surface area contributed by atoms with Crippen molar-refractivity contribution in [2.24, 2.45) is 7.05 Å². The van der Waals surface area contributed by atoms with Gasteiger partial charge >= 0.3 is 0 Å². The lowest BCUT2D eigenvalue weighted by atomic mass is 9.95. The zero-order valence-electron chi connectivity index (χ0n) is 16.1. The molecule has 3 aromatic rings. The van der Waals surface area contributed by atoms with Crippen LogP contribution in [-0.4, -0.2) is 21.8 Å². The van der Waals surface area contributed by atoms with Gasteiger partial charge in [0, 0.05) is 7.05 Å². The van der Waals surface area contributed by atoms with Gasteiger partial charge in [0.15, 0.2) is 0 Å². The first kappa shape index (κ1) is 18.3. The van der Waals surface area contributed by atoms with Crippen LogP contribution in [-0.2, 0) is 11.8 Å². The van der Waals surface area contributed by atoms with Crippen LogP contribution >= 0.6 is 0 Å². The fraction of sp³-hybridized carbons (Fsp3) is 0.364. The number of para-hydroxylation sites is 2. The summed E-state index contributed by atoms with van der Waals surface area (Å²) in [7, 11) is 1.80. The summed E-state index contributed by atoms with van der Waals surface area (Å²) in [6, 6.07) is 16.0. The average Bonchev–Trinajstić information content (AvgIpc) is 2.59. The smallest absolute Gasteiger partial charge is 0.273 e. The predicted molar refractivity (Wildman–Crippen MR) is 106 cm³/mol. The number of hydrogen-bond acceptors (Lipinski definition) is 3. The zero-order valence-corrected chi connectivity index (χ0v) is 16.1. The van der Waals surface area contributed by atoms with Crippen LogP contribution in [0.3, 0.4) is 0 Å². The quantitative estimate of drug-likeness (QED) is 0.709. The van der Waals surface area contributed by atoms with Crippen molar-refractivity contribution in [3.63, 3.8) is 0 Å². The Morgan fingerprint density at radius 2 is 1.73 bits per heavy atom. The molecule has 4 heteroatoms. The van der Waals surface area contributed by atoms with Crippen molar-refractivity contribution in [2.75, 3.05) is 6.61 Å². The van der Waals surface area contributed by atoms with E-state index >= 15 is 0 Å². The lowest BCUT2D eigenvalue weighted by molar-refractivity contribution is -0.00716. The van der Waals surface area contributed by atoms with E-state index in [9.17, 15) is 4.79 Å². The second-order valence-corrected chi connectivity index (χ2v) is 7.74. The van der Waals surface area contributed by atoms with Gasteiger partial charge in [-0.15, -0.1) is 0 Å². The summed E-state index contributed by atoms with van der Waals surface area (Å²) in [6.45, 7) is 8.52. The Morgan fingerprint density at radius 1 is 1.08 bits per heavy atom. The first-order valence-corrected chi connectivity index (χ1v) is 8.92. The molecule has 0 bridgehead atoms. The largest absolute Gasteiger partial charge is 0.375 e. The summed E-state index contributed by atoms with van der Waals surface area (Å²) in [4.78, 5) is 17.8. The highest BCUT2D eigenvalue weighted by Crippen LogP contribution is 2.25. The minimum Gasteiger partial charge on any atom is -0.375 e. The van der Waals surface area contributed by atoms with Crippen molar-refractivity contribution >= 4 is 11.0 Å². The van der Waals surface area contributed by atoms with Gasteiger partial charge in [0.1, 0.15) is 5.69 Å². The third kappa shape index (κ3) is 3.86. The average molecular weight is 350 g/mol. The van der Waals surface area contributed by atoms with E-state index < -0.39 is 0 Å². The lowest BCUT2D eigenvalue weighted by Crippen LogP contribution is -2.30. The fourth-order valence-corrected chi connectivity index (χ4v) is 2.99. The van der Waals surface area contributed by atoms with E-state index in [1.54, 1.807) is 11.6 Å². The monoisotopic (exact) mass is 350 g/mol. The molecular weight excluding hydrogens is 324 g/mol. The SMILES string of the molecule is Cc1ccc(C(COC(C)(C)C)c2nc3ccccc3n(C)c2=O)cc1. The van der Waals surface area contributed by atoms with Crippen molar-refractivity contribution < 1.29 is 4.74 Å². The fourth-order valence-electron chi connectivity index (χ4n) is 2.99. The van der Waals surface area contributed by atoms with Crippen molar-refractivity contribution in [1.82, 2.24) is 9.55 Å². The van der Waals surface area contributed by atoms with Crippen LogP contribution in [0.2, 0.25) is 0 Å². The normalized spacial score (nSPS) is 13.1. The number of benzene rings is 2. The summed E-state index contributed by atoms with van der Waals surface area (Å²) in [5.74, 6) is -0.210. The molecule has 0 N–H and O–H groups in total. The van der Waals surface area contributed by atoms with Crippen LogP contribution in [0, 0.1) is 6.92 Å². The van der Waals surface area contributed by atoms with Crippen molar-refractivity contribution in [3.05, 3.63) is 75.7 Å². The van der Waals surface area contributed by atoms with Gasteiger partial charge in [0.05, 0.1) is 29.2 Å². The molecule has 4 nitrogen and oxygen atoms in total.